The van der Waals surface area contributed by atoms with Crippen molar-refractivity contribution >= 4 is 11.7 Å². The van der Waals surface area contributed by atoms with Gasteiger partial charge >= 0.3 is 0 Å². The molecule has 1 unspecified atom stereocenters. The number of nitrogens with one attached hydrogen (secondary N) is 3. The van der Waals surface area contributed by atoms with Gasteiger partial charge in [-0.05, 0) is 33.8 Å². The highest BCUT2D eigenvalue weighted by Crippen LogP contribution is 2.31. The predicted octanol–water partition coefficient (Wildman–Crippen LogP) is 2.57. The standard InChI is InChI=1S/C14H20F2N4O/c1-7(15)6-10-11(8(2)16)20(12(17)9(3)21)13(18)14(4,5)19-10/h6,9,17-19,21H,1H2,2-5H3/b10-6+,11-8+,17-12?,18-13?. The second-order valence-electron chi connectivity index (χ2n) is 5.38. The summed E-state index contributed by atoms with van der Waals surface area (Å²) in [4.78, 5) is 0.977. The summed E-state index contributed by atoms with van der Waals surface area (Å²) in [5.74, 6) is -1.98. The van der Waals surface area contributed by atoms with Gasteiger partial charge in [-0.25, -0.2) is 8.78 Å². The summed E-state index contributed by atoms with van der Waals surface area (Å²) in [6.07, 6.45) is -0.210. The Balaban J connectivity index is 3.55. The largest absolute Gasteiger partial charge is 0.385 e. The van der Waals surface area contributed by atoms with Gasteiger partial charge in [0.2, 0.25) is 0 Å². The molecule has 116 valence electrons. The lowest BCUT2D eigenvalue weighted by Crippen LogP contribution is -2.61. The van der Waals surface area contributed by atoms with Crippen LogP contribution in [0.3, 0.4) is 0 Å². The minimum atomic E-state index is -1.21. The Morgan fingerprint density at radius 2 is 2.00 bits per heavy atom. The first-order valence-corrected chi connectivity index (χ1v) is 6.35. The highest BCUT2D eigenvalue weighted by Gasteiger charge is 2.41. The van der Waals surface area contributed by atoms with Gasteiger partial charge < -0.3 is 10.4 Å². The molecule has 1 aliphatic rings. The smallest absolute Gasteiger partial charge is 0.135 e. The fraction of sp³-hybridized carbons (Fsp3) is 0.429. The summed E-state index contributed by atoms with van der Waals surface area (Å²) in [6, 6.07) is 0. The van der Waals surface area contributed by atoms with E-state index in [1.165, 1.54) is 6.92 Å². The molecule has 0 aromatic carbocycles. The first-order valence-electron chi connectivity index (χ1n) is 6.35. The SMILES string of the molecule is C=C(F)/C=C1/NC(C)(C)C(=N)N(C(=N)C(C)O)/C1=C(\C)F. The molecule has 0 radical (unpaired) electrons. The van der Waals surface area contributed by atoms with Crippen molar-refractivity contribution in [2.75, 3.05) is 0 Å². The Bertz CT molecular complexity index is 557. The third-order valence-electron chi connectivity index (χ3n) is 3.01. The van der Waals surface area contributed by atoms with Gasteiger partial charge in [-0.2, -0.15) is 0 Å². The second-order valence-corrected chi connectivity index (χ2v) is 5.38. The molecule has 0 amide bonds. The fourth-order valence-electron chi connectivity index (χ4n) is 2.00. The monoisotopic (exact) mass is 298 g/mol. The first kappa shape index (κ1) is 17.0. The number of nitrogens with zero attached hydrogens (tertiary/aromatic N) is 1. The number of piperazine rings is 1. The van der Waals surface area contributed by atoms with Crippen LogP contribution in [0.4, 0.5) is 8.78 Å². The van der Waals surface area contributed by atoms with Crippen molar-refractivity contribution in [2.45, 2.75) is 39.3 Å². The van der Waals surface area contributed by atoms with Gasteiger partial charge in [-0.15, -0.1) is 0 Å². The van der Waals surface area contributed by atoms with Gasteiger partial charge in [-0.1, -0.05) is 6.58 Å². The number of allylic oxidation sites excluding steroid dienone is 3. The molecule has 1 fully saturated rings. The maximum Gasteiger partial charge on any atom is 0.135 e. The maximum atomic E-state index is 13.9. The average molecular weight is 298 g/mol. The third kappa shape index (κ3) is 3.36. The van der Waals surface area contributed by atoms with Crippen molar-refractivity contribution in [2.24, 2.45) is 0 Å². The molecule has 1 atom stereocenters. The van der Waals surface area contributed by atoms with Crippen molar-refractivity contribution in [3.05, 3.63) is 35.7 Å². The summed E-state index contributed by atoms with van der Waals surface area (Å²) < 4.78 is 27.0. The average Bonchev–Trinajstić information content (AvgIpc) is 2.30. The maximum absolute atomic E-state index is 13.9. The van der Waals surface area contributed by atoms with Gasteiger partial charge in [0.15, 0.2) is 0 Å². The summed E-state index contributed by atoms with van der Waals surface area (Å²) in [6.45, 7) is 8.86. The molecule has 1 rings (SSSR count). The second kappa shape index (κ2) is 5.77. The minimum Gasteiger partial charge on any atom is -0.385 e. The number of aliphatic hydroxyl groups excluding tert-OH is 1. The number of hydrogen-bond acceptors (Lipinski definition) is 4. The molecule has 0 spiro atoms. The van der Waals surface area contributed by atoms with E-state index in [2.05, 4.69) is 11.9 Å². The zero-order valence-corrected chi connectivity index (χ0v) is 12.5. The zero-order valence-electron chi connectivity index (χ0n) is 12.5. The minimum absolute atomic E-state index is 0.0638. The molecule has 1 aliphatic heterocycles. The van der Waals surface area contributed by atoms with Crippen molar-refractivity contribution in [1.82, 2.24) is 10.2 Å². The van der Waals surface area contributed by atoms with E-state index in [-0.39, 0.29) is 23.1 Å². The Morgan fingerprint density at radius 1 is 1.48 bits per heavy atom. The summed E-state index contributed by atoms with van der Waals surface area (Å²) in [5, 5.41) is 28.5. The molecule has 1 saturated heterocycles. The Labute approximate surface area is 122 Å². The van der Waals surface area contributed by atoms with Crippen LogP contribution < -0.4 is 5.32 Å². The molecule has 21 heavy (non-hydrogen) atoms. The molecular weight excluding hydrogens is 278 g/mol. The molecule has 0 bridgehead atoms. The van der Waals surface area contributed by atoms with E-state index < -0.39 is 23.3 Å². The van der Waals surface area contributed by atoms with Crippen molar-refractivity contribution in [3.63, 3.8) is 0 Å². The predicted molar refractivity (Wildman–Crippen MR) is 78.3 cm³/mol. The van der Waals surface area contributed by atoms with Crippen LogP contribution in [0.5, 0.6) is 0 Å². The van der Waals surface area contributed by atoms with E-state index in [1.807, 2.05) is 0 Å². The number of hydrogen-bond donors (Lipinski definition) is 4. The van der Waals surface area contributed by atoms with E-state index in [0.717, 1.165) is 17.9 Å². The normalized spacial score (nSPS) is 23.7. The Morgan fingerprint density at radius 3 is 2.38 bits per heavy atom. The molecule has 0 aromatic rings. The highest BCUT2D eigenvalue weighted by molar-refractivity contribution is 6.07. The van der Waals surface area contributed by atoms with Crippen LogP contribution in [0.2, 0.25) is 0 Å². The van der Waals surface area contributed by atoms with E-state index in [0.29, 0.717) is 0 Å². The van der Waals surface area contributed by atoms with Crippen molar-refractivity contribution in [1.29, 1.82) is 10.8 Å². The molecule has 0 saturated carbocycles. The first-order chi connectivity index (χ1) is 9.49. The van der Waals surface area contributed by atoms with Crippen molar-refractivity contribution in [3.8, 4) is 0 Å². The highest BCUT2D eigenvalue weighted by atomic mass is 19.1. The van der Waals surface area contributed by atoms with Gasteiger partial charge in [0.1, 0.15) is 35.1 Å². The van der Waals surface area contributed by atoms with E-state index in [9.17, 15) is 13.9 Å². The topological polar surface area (TPSA) is 83.2 Å². The molecule has 0 aromatic heterocycles. The van der Waals surface area contributed by atoms with Crippen LogP contribution >= 0.6 is 0 Å². The summed E-state index contributed by atoms with van der Waals surface area (Å²) in [7, 11) is 0. The zero-order chi connectivity index (χ0) is 16.5. The lowest BCUT2D eigenvalue weighted by atomic mass is 9.95. The van der Waals surface area contributed by atoms with Gasteiger partial charge in [0.05, 0.1) is 11.2 Å². The summed E-state index contributed by atoms with van der Waals surface area (Å²) >= 11 is 0. The summed E-state index contributed by atoms with van der Waals surface area (Å²) in [5.41, 5.74) is -1.08. The van der Waals surface area contributed by atoms with Crippen molar-refractivity contribution < 1.29 is 13.9 Å². The Hall–Kier alpha value is -2.02. The lowest BCUT2D eigenvalue weighted by molar-refractivity contribution is 0.248. The molecule has 7 heteroatoms. The van der Waals surface area contributed by atoms with E-state index in [1.54, 1.807) is 13.8 Å². The number of rotatable bonds is 2. The van der Waals surface area contributed by atoms with Crippen LogP contribution in [-0.4, -0.2) is 33.3 Å². The van der Waals surface area contributed by atoms with Crippen LogP contribution in [0.1, 0.15) is 27.7 Å². The van der Waals surface area contributed by atoms with Crippen LogP contribution in [-0.2, 0) is 0 Å². The van der Waals surface area contributed by atoms with Crippen LogP contribution in [0.15, 0.2) is 35.7 Å². The quantitative estimate of drug-likeness (QED) is 0.467. The van der Waals surface area contributed by atoms with E-state index >= 15 is 0 Å². The van der Waals surface area contributed by atoms with Gasteiger partial charge in [-0.3, -0.25) is 15.7 Å². The van der Waals surface area contributed by atoms with Crippen LogP contribution in [0.25, 0.3) is 0 Å². The van der Waals surface area contributed by atoms with Crippen LogP contribution in [0, 0.1) is 10.8 Å². The van der Waals surface area contributed by atoms with Gasteiger partial charge in [0.25, 0.3) is 0 Å². The number of halogens is 2. The molecular formula is C14H20F2N4O. The van der Waals surface area contributed by atoms with Gasteiger partial charge in [0, 0.05) is 0 Å². The molecule has 1 heterocycles. The molecule has 4 N–H and O–H groups in total. The Kier molecular flexibility index (Phi) is 4.68. The number of aliphatic hydroxyl groups is 1. The molecule has 5 nitrogen and oxygen atoms in total. The van der Waals surface area contributed by atoms with E-state index in [4.69, 9.17) is 10.8 Å². The third-order valence-corrected chi connectivity index (χ3v) is 3.01. The molecule has 0 aliphatic carbocycles. The number of amidine groups is 2. The fourth-order valence-corrected chi connectivity index (χ4v) is 2.00. The lowest BCUT2D eigenvalue weighted by Gasteiger charge is -2.44.